The molecule has 0 rings (SSSR count). The Morgan fingerprint density at radius 3 is 0.129 bits per heavy atom. The van der Waals surface area contributed by atoms with Crippen molar-refractivity contribution in [2.75, 3.05) is 0 Å². The number of rotatable bonds is 0. The fraction of sp³-hybridized carbons (Fsp3) is 0. The van der Waals surface area contributed by atoms with E-state index in [2.05, 4.69) is 0 Å². The average molecular weight is 1220 g/mol. The topological polar surface area (TPSA) is 863 Å². The molecule has 62 heteroatoms. The quantitative estimate of drug-likeness (QED) is 0.100. The van der Waals surface area contributed by atoms with E-state index < -0.39 is 138 Å². The Bertz CT molecular complexity index is 771. The zero-order valence-corrected chi connectivity index (χ0v) is 48.0. The van der Waals surface area contributed by atoms with Gasteiger partial charge in [0.2, 0.25) is 0 Å². The van der Waals surface area contributed by atoms with E-state index in [0.29, 0.717) is 0 Å². The van der Waals surface area contributed by atoms with Gasteiger partial charge in [-0.15, -0.1) is 0 Å². The Labute approximate surface area is 407 Å². The van der Waals surface area contributed by atoms with Crippen LogP contribution in [0.25, 0.3) is 0 Å². The molecule has 0 saturated carbocycles. The van der Waals surface area contributed by atoms with Crippen LogP contribution in [0.4, 0.5) is 0 Å². The van der Waals surface area contributed by atoms with E-state index in [-0.39, 0.29) is 62.0 Å². The summed E-state index contributed by atoms with van der Waals surface area (Å²) in [4.78, 5) is 215. The maximum atomic E-state index is 8.74. The van der Waals surface area contributed by atoms with Crippen LogP contribution >= 0.6 is 0 Å². The molecule has 0 aromatic carbocycles. The van der Waals surface area contributed by atoms with Gasteiger partial charge in [0.15, 0.2) is 0 Å². The van der Waals surface area contributed by atoms with E-state index in [1.807, 2.05) is 0 Å². The van der Waals surface area contributed by atoms with E-state index in [4.69, 9.17) is 211 Å². The van der Waals surface area contributed by atoms with Gasteiger partial charge in [-0.25, -0.2) is 0 Å². The molecule has 0 spiro atoms. The molecule has 0 aliphatic carbocycles. The molecule has 45 nitrogen and oxygen atoms in total. The smallest absolute Gasteiger partial charge is 1.00 e. The predicted molar refractivity (Wildman–Crippen MR) is 165 cm³/mol. The van der Waals surface area contributed by atoms with Crippen molar-refractivity contribution in [1.82, 2.24) is 0 Å². The molecule has 0 fully saturated rings. The maximum Gasteiger partial charge on any atom is 1.00 e. The van der Waals surface area contributed by atoms with E-state index in [1.165, 1.54) is 0 Å². The SMILES string of the molecule is O=[Si](O)O.O=[Si](O)O.O=[Si](O)O.O=[Si](O)O.O=[Si](O)O.O=[Si](O)O.O=[Si](O)O.O=[Si](O)O.O=[Si](O)O.O=[Si](O)O.O=[Si](O)O.O=[Si](O)O.O=[Si](O)O.O=[Si](O)O.O=[Si](O)O.[H-].[H-].[Na+].[Na+]. The van der Waals surface area contributed by atoms with E-state index >= 15 is 0 Å². The summed E-state index contributed by atoms with van der Waals surface area (Å²) in [6, 6.07) is 0. The Morgan fingerprint density at radius 2 is 0.129 bits per heavy atom. The first-order valence-electron chi connectivity index (χ1n) is 9.77. The molecule has 0 unspecified atom stereocenters. The third kappa shape index (κ3) is 12200. The van der Waals surface area contributed by atoms with Crippen molar-refractivity contribution in [3.05, 3.63) is 0 Å². The Hall–Kier alpha value is -3.75. The summed E-state index contributed by atoms with van der Waals surface area (Å²) in [5.41, 5.74) is 0. The van der Waals surface area contributed by atoms with Gasteiger partial charge in [0.1, 0.15) is 0 Å². The summed E-state index contributed by atoms with van der Waals surface area (Å²) in [6.07, 6.45) is 0. The predicted octanol–water partition coefficient (Wildman–Crippen LogP) is -30.0. The molecule has 0 saturated heterocycles. The zero-order valence-electron chi connectivity index (χ0n) is 31.0. The molecule has 0 aromatic heterocycles. The van der Waals surface area contributed by atoms with Crippen molar-refractivity contribution in [2.24, 2.45) is 0 Å². The van der Waals surface area contributed by atoms with Crippen molar-refractivity contribution < 1.29 is 273 Å². The van der Waals surface area contributed by atoms with Crippen LogP contribution in [-0.2, 0) is 66.9 Å². The summed E-state index contributed by atoms with van der Waals surface area (Å²) >= 11 is 0. The Kier molecular flexibility index (Phi) is 193. The van der Waals surface area contributed by atoms with Crippen LogP contribution in [0.5, 0.6) is 0 Å². The molecule has 0 radical (unpaired) electrons. The zero-order chi connectivity index (χ0) is 53.7. The minimum absolute atomic E-state index is 0. The molecule has 0 aliphatic heterocycles. The van der Waals surface area contributed by atoms with Gasteiger partial charge in [0.05, 0.1) is 0 Å². The minimum atomic E-state index is -3.13. The largest absolute Gasteiger partial charge is 1.00 e. The van der Waals surface area contributed by atoms with Gasteiger partial charge < -0.3 is 147 Å². The molecule has 0 heterocycles. The summed E-state index contributed by atoms with van der Waals surface area (Å²) in [6.45, 7) is 0. The molecule has 30 N–H and O–H groups in total. The van der Waals surface area contributed by atoms with Gasteiger partial charge in [0, 0.05) is 0 Å². The molecular weight excluding hydrogens is 1190 g/mol. The van der Waals surface area contributed by atoms with Crippen molar-refractivity contribution in [1.29, 1.82) is 0 Å². The van der Waals surface area contributed by atoms with Crippen LogP contribution in [-0.4, -0.2) is 281 Å². The minimum Gasteiger partial charge on any atom is -1.00 e. The fourth-order valence-corrected chi connectivity index (χ4v) is 0. The van der Waals surface area contributed by atoms with Gasteiger partial charge in [-0.05, 0) is 0 Å². The van der Waals surface area contributed by atoms with Crippen LogP contribution < -0.4 is 59.1 Å². The first-order chi connectivity index (χ1) is 26.0. The van der Waals surface area contributed by atoms with Crippen LogP contribution in [0.15, 0.2) is 0 Å². The van der Waals surface area contributed by atoms with Gasteiger partial charge in [-0.1, -0.05) is 0 Å². The second-order valence-electron chi connectivity index (χ2n) is 4.24. The van der Waals surface area contributed by atoms with Gasteiger partial charge in [0.25, 0.3) is 0 Å². The standard InChI is InChI=1S/2Na.15H2O3Si.2H/c;;15*1-4(2)3;;/h;;15*1-2H;;/q2*+1;;;;;;;;;;;;;;;;2*-1. The van der Waals surface area contributed by atoms with Crippen LogP contribution in [0.2, 0.25) is 0 Å². The molecule has 0 amide bonds. The van der Waals surface area contributed by atoms with Crippen LogP contribution in [0.1, 0.15) is 2.85 Å². The van der Waals surface area contributed by atoms with Crippen LogP contribution in [0.3, 0.4) is 0 Å². The summed E-state index contributed by atoms with van der Waals surface area (Å²) in [7, 11) is -46.9. The molecule has 0 aliphatic rings. The second-order valence-corrected chi connectivity index (χ2v) is 12.7. The van der Waals surface area contributed by atoms with Crippen molar-refractivity contribution in [3.8, 4) is 0 Å². The molecular formula is H32Na2O45Si15. The van der Waals surface area contributed by atoms with Crippen molar-refractivity contribution in [3.63, 3.8) is 0 Å². The van der Waals surface area contributed by atoms with Gasteiger partial charge >= 0.3 is 197 Å². The summed E-state index contributed by atoms with van der Waals surface area (Å²) < 4.78 is 131. The first-order valence-corrected chi connectivity index (χ1v) is 29.3. The van der Waals surface area contributed by atoms with Crippen molar-refractivity contribution in [2.45, 2.75) is 0 Å². The molecule has 0 bridgehead atoms. The second kappa shape index (κ2) is 106. The molecule has 62 heavy (non-hydrogen) atoms. The van der Waals surface area contributed by atoms with Crippen LogP contribution in [0, 0.1) is 0 Å². The average Bonchev–Trinajstić information content (AvgIpc) is 2.78. The normalized spacial score (nSPS) is 5.81. The van der Waals surface area contributed by atoms with Crippen molar-refractivity contribution >= 4 is 138 Å². The third-order valence-electron chi connectivity index (χ3n) is 0. The fourth-order valence-electron chi connectivity index (χ4n) is 0. The molecule has 0 aromatic rings. The van der Waals surface area contributed by atoms with Gasteiger partial charge in [-0.2, -0.15) is 0 Å². The summed E-state index contributed by atoms with van der Waals surface area (Å²) in [5.74, 6) is 0. The number of hydrogen-bond acceptors (Lipinski definition) is 15. The first kappa shape index (κ1) is 112. The summed E-state index contributed by atoms with van der Waals surface area (Å²) in [5, 5.41) is 0. The Morgan fingerprint density at radius 1 is 0.129 bits per heavy atom. The maximum absolute atomic E-state index is 8.74. The third-order valence-corrected chi connectivity index (χ3v) is 0. The van der Waals surface area contributed by atoms with Gasteiger partial charge in [-0.3, -0.25) is 66.9 Å². The molecule has 364 valence electrons. The number of hydrogen-bond donors (Lipinski definition) is 30. The molecule has 0 atom stereocenters. The van der Waals surface area contributed by atoms with E-state index in [9.17, 15) is 0 Å². The monoisotopic (exact) mass is 1220 g/mol. The van der Waals surface area contributed by atoms with E-state index in [1.54, 1.807) is 0 Å². The Balaban J connectivity index is -0.0000000199. The van der Waals surface area contributed by atoms with E-state index in [0.717, 1.165) is 0 Å².